The Labute approximate surface area is 79.2 Å². The Balaban J connectivity index is 2.34. The van der Waals surface area contributed by atoms with Crippen molar-refractivity contribution in [2.75, 3.05) is 13.1 Å². The van der Waals surface area contributed by atoms with E-state index in [0.29, 0.717) is 6.54 Å². The highest BCUT2D eigenvalue weighted by molar-refractivity contribution is 9.10. The normalized spacial score (nSPS) is 23.2. The van der Waals surface area contributed by atoms with E-state index in [4.69, 9.17) is 5.73 Å². The van der Waals surface area contributed by atoms with E-state index in [1.807, 2.05) is 0 Å². The molecule has 0 aromatic heterocycles. The maximum atomic E-state index is 11.2. The third kappa shape index (κ3) is 2.20. The highest BCUT2D eigenvalue weighted by atomic mass is 79.9. The number of hydrogen-bond donors (Lipinski definition) is 1. The van der Waals surface area contributed by atoms with Gasteiger partial charge in [-0.15, -0.1) is 0 Å². The summed E-state index contributed by atoms with van der Waals surface area (Å²) in [5, 5.41) is 0. The van der Waals surface area contributed by atoms with Crippen molar-refractivity contribution in [3.63, 3.8) is 0 Å². The smallest absolute Gasteiger partial charge is 0.236 e. The average molecular weight is 235 g/mol. The van der Waals surface area contributed by atoms with Crippen LogP contribution in [-0.4, -0.2) is 34.6 Å². The molecule has 0 saturated carbocycles. The Bertz CT molecular complexity index is 208. The molecular formula is C7H11BrN2O2. The monoisotopic (exact) mass is 234 g/mol. The van der Waals surface area contributed by atoms with E-state index in [0.717, 1.165) is 13.0 Å². The van der Waals surface area contributed by atoms with Gasteiger partial charge in [0.25, 0.3) is 0 Å². The van der Waals surface area contributed by atoms with E-state index in [9.17, 15) is 9.59 Å². The quantitative estimate of drug-likeness (QED) is 0.692. The van der Waals surface area contributed by atoms with Gasteiger partial charge in [-0.05, 0) is 6.42 Å². The van der Waals surface area contributed by atoms with Crippen LogP contribution in [0.1, 0.15) is 12.8 Å². The van der Waals surface area contributed by atoms with Crippen molar-refractivity contribution in [3.8, 4) is 0 Å². The number of likely N-dealkylation sites (tertiary alicyclic amines) is 1. The van der Waals surface area contributed by atoms with Gasteiger partial charge in [0, 0.05) is 19.5 Å². The van der Waals surface area contributed by atoms with Crippen LogP contribution in [0.2, 0.25) is 0 Å². The molecule has 2 N–H and O–H groups in total. The Morgan fingerprint density at radius 2 is 2.42 bits per heavy atom. The molecular weight excluding hydrogens is 224 g/mol. The first-order valence-corrected chi connectivity index (χ1v) is 4.74. The number of hydrogen-bond acceptors (Lipinski definition) is 2. The third-order valence-electron chi connectivity index (χ3n) is 1.86. The molecule has 68 valence electrons. The second-order valence-corrected chi connectivity index (χ2v) is 3.90. The van der Waals surface area contributed by atoms with Crippen LogP contribution in [0.15, 0.2) is 0 Å². The fourth-order valence-corrected chi connectivity index (χ4v) is 1.66. The van der Waals surface area contributed by atoms with Gasteiger partial charge in [-0.25, -0.2) is 0 Å². The Morgan fingerprint density at radius 1 is 1.75 bits per heavy atom. The second kappa shape index (κ2) is 3.89. The van der Waals surface area contributed by atoms with Crippen LogP contribution >= 0.6 is 15.9 Å². The number of halogens is 1. The zero-order valence-corrected chi connectivity index (χ0v) is 8.21. The number of alkyl halides is 1. The van der Waals surface area contributed by atoms with Crippen LogP contribution in [0, 0.1) is 0 Å². The van der Waals surface area contributed by atoms with E-state index in [2.05, 4.69) is 15.9 Å². The highest BCUT2D eigenvalue weighted by Crippen LogP contribution is 2.17. The standard InChI is InChI=1S/C7H11BrN2O2/c8-5-1-3-10(7(5)12)4-2-6(9)11/h5H,1-4H2,(H2,9,11). The number of carbonyl (C=O) groups excluding carboxylic acids is 2. The van der Waals surface area contributed by atoms with Gasteiger partial charge >= 0.3 is 0 Å². The van der Waals surface area contributed by atoms with Gasteiger partial charge < -0.3 is 10.6 Å². The van der Waals surface area contributed by atoms with Crippen molar-refractivity contribution < 1.29 is 9.59 Å². The minimum atomic E-state index is -0.360. The Hall–Kier alpha value is -0.580. The number of nitrogens with two attached hydrogens (primary N) is 1. The van der Waals surface area contributed by atoms with Crippen molar-refractivity contribution in [2.24, 2.45) is 5.73 Å². The minimum Gasteiger partial charge on any atom is -0.370 e. The maximum absolute atomic E-state index is 11.2. The Kier molecular flexibility index (Phi) is 3.08. The molecule has 0 aliphatic carbocycles. The number of primary amides is 1. The number of nitrogens with zero attached hydrogens (tertiary/aromatic N) is 1. The largest absolute Gasteiger partial charge is 0.370 e. The summed E-state index contributed by atoms with van der Waals surface area (Å²) >= 11 is 3.24. The SMILES string of the molecule is NC(=O)CCN1CCC(Br)C1=O. The van der Waals surface area contributed by atoms with Gasteiger partial charge in [0.2, 0.25) is 11.8 Å². The molecule has 0 spiro atoms. The highest BCUT2D eigenvalue weighted by Gasteiger charge is 2.28. The van der Waals surface area contributed by atoms with Crippen LogP contribution in [0.5, 0.6) is 0 Å². The summed E-state index contributed by atoms with van der Waals surface area (Å²) in [5.41, 5.74) is 4.96. The van der Waals surface area contributed by atoms with Crippen molar-refractivity contribution in [1.29, 1.82) is 0 Å². The molecule has 1 fully saturated rings. The van der Waals surface area contributed by atoms with Gasteiger partial charge in [0.05, 0.1) is 4.83 Å². The molecule has 5 heteroatoms. The lowest BCUT2D eigenvalue weighted by atomic mass is 10.4. The molecule has 1 aliphatic rings. The number of rotatable bonds is 3. The molecule has 1 heterocycles. The van der Waals surface area contributed by atoms with E-state index >= 15 is 0 Å². The first-order valence-electron chi connectivity index (χ1n) is 3.82. The summed E-state index contributed by atoms with van der Waals surface area (Å²) in [4.78, 5) is 23.3. The molecule has 12 heavy (non-hydrogen) atoms. The molecule has 1 unspecified atom stereocenters. The third-order valence-corrected chi connectivity index (χ3v) is 2.71. The van der Waals surface area contributed by atoms with Gasteiger partial charge in [0.1, 0.15) is 0 Å². The summed E-state index contributed by atoms with van der Waals surface area (Å²) in [6.45, 7) is 1.18. The van der Waals surface area contributed by atoms with E-state index < -0.39 is 0 Å². The zero-order valence-electron chi connectivity index (χ0n) is 6.62. The summed E-state index contributed by atoms with van der Waals surface area (Å²) in [5.74, 6) is -0.294. The van der Waals surface area contributed by atoms with Crippen LogP contribution in [0.3, 0.4) is 0 Å². The molecule has 1 rings (SSSR count). The lowest BCUT2D eigenvalue weighted by Gasteiger charge is -2.13. The van der Waals surface area contributed by atoms with Crippen molar-refractivity contribution in [3.05, 3.63) is 0 Å². The topological polar surface area (TPSA) is 63.4 Å². The van der Waals surface area contributed by atoms with Crippen molar-refractivity contribution >= 4 is 27.7 Å². The van der Waals surface area contributed by atoms with Gasteiger partial charge in [0.15, 0.2) is 0 Å². The summed E-state index contributed by atoms with van der Waals surface area (Å²) in [7, 11) is 0. The van der Waals surface area contributed by atoms with Crippen molar-refractivity contribution in [1.82, 2.24) is 4.90 Å². The van der Waals surface area contributed by atoms with E-state index in [-0.39, 0.29) is 23.1 Å². The van der Waals surface area contributed by atoms with Crippen LogP contribution in [0.25, 0.3) is 0 Å². The average Bonchev–Trinajstić information content (AvgIpc) is 2.30. The summed E-state index contributed by atoms with van der Waals surface area (Å²) in [6, 6.07) is 0. The predicted octanol–water partition coefficient (Wildman–Crippen LogP) is -0.142. The Morgan fingerprint density at radius 3 is 2.83 bits per heavy atom. The molecule has 0 aromatic carbocycles. The molecule has 1 atom stereocenters. The van der Waals surface area contributed by atoms with Crippen molar-refractivity contribution in [2.45, 2.75) is 17.7 Å². The van der Waals surface area contributed by atoms with Gasteiger partial charge in [-0.1, -0.05) is 15.9 Å². The molecule has 1 aliphatic heterocycles. The first kappa shape index (κ1) is 9.51. The van der Waals surface area contributed by atoms with Crippen LogP contribution in [0.4, 0.5) is 0 Å². The van der Waals surface area contributed by atoms with Crippen LogP contribution < -0.4 is 5.73 Å². The number of carbonyl (C=O) groups is 2. The van der Waals surface area contributed by atoms with Gasteiger partial charge in [-0.2, -0.15) is 0 Å². The summed E-state index contributed by atoms with van der Waals surface area (Å²) < 4.78 is 0. The lowest BCUT2D eigenvalue weighted by molar-refractivity contribution is -0.127. The zero-order chi connectivity index (χ0) is 9.14. The molecule has 0 radical (unpaired) electrons. The van der Waals surface area contributed by atoms with Crippen LogP contribution in [-0.2, 0) is 9.59 Å². The van der Waals surface area contributed by atoms with E-state index in [1.165, 1.54) is 0 Å². The predicted molar refractivity (Wildman–Crippen MR) is 47.7 cm³/mol. The molecule has 0 aromatic rings. The molecule has 2 amide bonds. The lowest BCUT2D eigenvalue weighted by Crippen LogP contribution is -2.31. The fourth-order valence-electron chi connectivity index (χ4n) is 1.17. The van der Waals surface area contributed by atoms with Gasteiger partial charge in [-0.3, -0.25) is 9.59 Å². The molecule has 4 nitrogen and oxygen atoms in total. The number of amides is 2. The second-order valence-electron chi connectivity index (χ2n) is 2.80. The van der Waals surface area contributed by atoms with E-state index in [1.54, 1.807) is 4.90 Å². The first-order chi connectivity index (χ1) is 5.61. The summed E-state index contributed by atoms with van der Waals surface area (Å²) in [6.07, 6.45) is 1.07. The molecule has 1 saturated heterocycles. The minimum absolute atomic E-state index is 0.0645. The molecule has 0 bridgehead atoms. The maximum Gasteiger partial charge on any atom is 0.236 e. The fraction of sp³-hybridized carbons (Fsp3) is 0.714.